The molecule has 11 aromatic rings. The summed E-state index contributed by atoms with van der Waals surface area (Å²) in [6.45, 7) is 0. The van der Waals surface area contributed by atoms with Gasteiger partial charge in [-0.1, -0.05) is 127 Å². The van der Waals surface area contributed by atoms with Crippen molar-refractivity contribution in [2.45, 2.75) is 0 Å². The third-order valence-electron chi connectivity index (χ3n) is 10.6. The smallest absolute Gasteiger partial charge is 0.160 e. The van der Waals surface area contributed by atoms with Crippen molar-refractivity contribution in [3.8, 4) is 67.3 Å². The van der Waals surface area contributed by atoms with Crippen molar-refractivity contribution in [1.82, 2.24) is 15.0 Å². The second-order valence-electron chi connectivity index (χ2n) is 14.0. The lowest BCUT2D eigenvalue weighted by Crippen LogP contribution is -1.96. The quantitative estimate of drug-likeness (QED) is 0.171. The van der Waals surface area contributed by atoms with Crippen LogP contribution in [0, 0.1) is 0 Å². The molecule has 0 bridgehead atoms. The molecule has 4 aromatic heterocycles. The van der Waals surface area contributed by atoms with Crippen LogP contribution in [0.4, 0.5) is 0 Å². The maximum absolute atomic E-state index is 6.66. The molecule has 0 amide bonds. The number of aromatic nitrogens is 3. The first-order valence-electron chi connectivity index (χ1n) is 18.7. The lowest BCUT2D eigenvalue weighted by atomic mass is 9.94. The van der Waals surface area contributed by atoms with Crippen LogP contribution in [0.15, 0.2) is 197 Å². The fourth-order valence-corrected chi connectivity index (χ4v) is 7.86. The molecule has 0 N–H and O–H groups in total. The van der Waals surface area contributed by atoms with Crippen LogP contribution < -0.4 is 0 Å². The number of hydrogen-bond acceptors (Lipinski definition) is 5. The third-order valence-corrected chi connectivity index (χ3v) is 10.6. The standard InChI is InChI=1S/C51H31N3O2/c1-2-10-33(11-3-1)44-30-45(37-13-8-12-35(28-37)38-14-9-27-52-31-38)54-51(53-44)34-21-19-32(20-22-34)39-25-26-40(50-49(39)43-16-5-7-18-47(43)56-50)36-23-24-42-41-15-4-6-17-46(41)55-48(42)29-36/h1-31H. The molecule has 0 saturated carbocycles. The van der Waals surface area contributed by atoms with Crippen molar-refractivity contribution < 1.29 is 8.83 Å². The van der Waals surface area contributed by atoms with Crippen LogP contribution in [0.25, 0.3) is 111 Å². The van der Waals surface area contributed by atoms with Crippen molar-refractivity contribution in [3.63, 3.8) is 0 Å². The fraction of sp³-hybridized carbons (Fsp3) is 0. The molecule has 11 rings (SSSR count). The third kappa shape index (κ3) is 5.45. The van der Waals surface area contributed by atoms with E-state index >= 15 is 0 Å². The molecule has 0 unspecified atom stereocenters. The van der Waals surface area contributed by atoms with Crippen LogP contribution in [-0.2, 0) is 0 Å². The summed E-state index contributed by atoms with van der Waals surface area (Å²) in [5.41, 5.74) is 14.5. The van der Waals surface area contributed by atoms with Crippen molar-refractivity contribution in [1.29, 1.82) is 0 Å². The number of pyridine rings is 1. The summed E-state index contributed by atoms with van der Waals surface area (Å²) in [5, 5.41) is 4.37. The van der Waals surface area contributed by atoms with Crippen LogP contribution in [0.2, 0.25) is 0 Å². The van der Waals surface area contributed by atoms with E-state index in [-0.39, 0.29) is 0 Å². The Labute approximate surface area is 322 Å². The average molecular weight is 718 g/mol. The summed E-state index contributed by atoms with van der Waals surface area (Å²) < 4.78 is 12.9. The summed E-state index contributed by atoms with van der Waals surface area (Å²) in [4.78, 5) is 14.6. The van der Waals surface area contributed by atoms with Crippen LogP contribution in [0.5, 0.6) is 0 Å². The summed E-state index contributed by atoms with van der Waals surface area (Å²) in [7, 11) is 0. The molecule has 262 valence electrons. The van der Waals surface area contributed by atoms with Gasteiger partial charge in [0.1, 0.15) is 22.3 Å². The van der Waals surface area contributed by atoms with Crippen LogP contribution in [-0.4, -0.2) is 15.0 Å². The van der Waals surface area contributed by atoms with Crippen molar-refractivity contribution in [2.75, 3.05) is 0 Å². The zero-order valence-corrected chi connectivity index (χ0v) is 30.1. The number of para-hydroxylation sites is 2. The lowest BCUT2D eigenvalue weighted by Gasteiger charge is -2.12. The number of benzene rings is 7. The Morgan fingerprint density at radius 1 is 0.357 bits per heavy atom. The van der Waals surface area contributed by atoms with Crippen molar-refractivity contribution in [2.24, 2.45) is 0 Å². The number of fused-ring (bicyclic) bond motifs is 6. The summed E-state index contributed by atoms with van der Waals surface area (Å²) in [6.07, 6.45) is 3.68. The molecule has 4 heterocycles. The normalized spacial score (nSPS) is 11.6. The van der Waals surface area contributed by atoms with Gasteiger partial charge in [0.15, 0.2) is 5.82 Å². The Bertz CT molecular complexity index is 3240. The Kier molecular flexibility index (Phi) is 7.42. The Hall–Kier alpha value is -7.63. The number of hydrogen-bond donors (Lipinski definition) is 0. The molecular formula is C51H31N3O2. The van der Waals surface area contributed by atoms with Crippen LogP contribution in [0.3, 0.4) is 0 Å². The molecule has 5 heteroatoms. The summed E-state index contributed by atoms with van der Waals surface area (Å²) >= 11 is 0. The minimum Gasteiger partial charge on any atom is -0.456 e. The van der Waals surface area contributed by atoms with Gasteiger partial charge in [-0.15, -0.1) is 0 Å². The van der Waals surface area contributed by atoms with E-state index in [1.807, 2.05) is 60.8 Å². The highest BCUT2D eigenvalue weighted by Crippen LogP contribution is 2.43. The first-order chi connectivity index (χ1) is 27.7. The van der Waals surface area contributed by atoms with Gasteiger partial charge in [0, 0.05) is 61.8 Å². The molecule has 5 nitrogen and oxygen atoms in total. The van der Waals surface area contributed by atoms with E-state index in [0.29, 0.717) is 5.82 Å². The maximum atomic E-state index is 6.66. The molecule has 0 fully saturated rings. The van der Waals surface area contributed by atoms with Gasteiger partial charge in [-0.3, -0.25) is 4.98 Å². The highest BCUT2D eigenvalue weighted by Gasteiger charge is 2.19. The Balaban J connectivity index is 1.02. The zero-order chi connectivity index (χ0) is 37.0. The first-order valence-corrected chi connectivity index (χ1v) is 18.7. The largest absolute Gasteiger partial charge is 0.456 e. The maximum Gasteiger partial charge on any atom is 0.160 e. The van der Waals surface area contributed by atoms with Gasteiger partial charge in [-0.25, -0.2) is 9.97 Å². The minimum atomic E-state index is 0.662. The molecule has 0 spiro atoms. The van der Waals surface area contributed by atoms with Gasteiger partial charge >= 0.3 is 0 Å². The topological polar surface area (TPSA) is 65.0 Å². The van der Waals surface area contributed by atoms with Gasteiger partial charge in [0.2, 0.25) is 0 Å². The highest BCUT2D eigenvalue weighted by molar-refractivity contribution is 6.17. The van der Waals surface area contributed by atoms with Gasteiger partial charge < -0.3 is 8.83 Å². The van der Waals surface area contributed by atoms with E-state index < -0.39 is 0 Å². The van der Waals surface area contributed by atoms with Crippen LogP contribution in [0.1, 0.15) is 0 Å². The molecule has 0 aliphatic heterocycles. The summed E-state index contributed by atoms with van der Waals surface area (Å²) in [5.74, 6) is 0.662. The average Bonchev–Trinajstić information content (AvgIpc) is 3.85. The van der Waals surface area contributed by atoms with E-state index in [2.05, 4.69) is 126 Å². The first kappa shape index (κ1) is 31.9. The number of furan rings is 2. The number of nitrogens with zero attached hydrogens (tertiary/aromatic N) is 3. The molecular weight excluding hydrogens is 687 g/mol. The molecule has 0 atom stereocenters. The van der Waals surface area contributed by atoms with Gasteiger partial charge in [-0.05, 0) is 70.8 Å². The molecule has 7 aromatic carbocycles. The second kappa shape index (κ2) is 13.0. The molecule has 0 aliphatic carbocycles. The highest BCUT2D eigenvalue weighted by atomic mass is 16.3. The second-order valence-corrected chi connectivity index (χ2v) is 14.0. The Morgan fingerprint density at radius 3 is 1.82 bits per heavy atom. The molecule has 0 saturated heterocycles. The van der Waals surface area contributed by atoms with Crippen LogP contribution >= 0.6 is 0 Å². The lowest BCUT2D eigenvalue weighted by molar-refractivity contribution is 0.668. The minimum absolute atomic E-state index is 0.662. The summed E-state index contributed by atoms with van der Waals surface area (Å²) in [6, 6.07) is 60.6. The van der Waals surface area contributed by atoms with E-state index in [1.54, 1.807) is 6.20 Å². The predicted octanol–water partition coefficient (Wildman–Crippen LogP) is 13.7. The monoisotopic (exact) mass is 717 g/mol. The van der Waals surface area contributed by atoms with E-state index in [9.17, 15) is 0 Å². The molecule has 56 heavy (non-hydrogen) atoms. The Morgan fingerprint density at radius 2 is 1.00 bits per heavy atom. The molecule has 0 aliphatic rings. The van der Waals surface area contributed by atoms with Crippen molar-refractivity contribution in [3.05, 3.63) is 188 Å². The molecule has 0 radical (unpaired) electrons. The van der Waals surface area contributed by atoms with Gasteiger partial charge in [0.05, 0.1) is 11.4 Å². The van der Waals surface area contributed by atoms with E-state index in [4.69, 9.17) is 18.8 Å². The van der Waals surface area contributed by atoms with E-state index in [1.165, 1.54) is 0 Å². The van der Waals surface area contributed by atoms with Gasteiger partial charge in [-0.2, -0.15) is 0 Å². The zero-order valence-electron chi connectivity index (χ0n) is 30.1. The number of rotatable bonds is 6. The van der Waals surface area contributed by atoms with Gasteiger partial charge in [0.25, 0.3) is 0 Å². The SMILES string of the molecule is c1ccc(-c2cc(-c3cccc(-c4cccnc4)c3)nc(-c3ccc(-c4ccc(-c5ccc6c(c5)oc5ccccc56)c5oc6ccccc6c45)cc3)n2)cc1. The predicted molar refractivity (Wildman–Crippen MR) is 227 cm³/mol. The van der Waals surface area contributed by atoms with Crippen molar-refractivity contribution >= 4 is 43.9 Å². The fourth-order valence-electron chi connectivity index (χ4n) is 7.86. The van der Waals surface area contributed by atoms with E-state index in [0.717, 1.165) is 105 Å².